The van der Waals surface area contributed by atoms with Crippen molar-refractivity contribution in [2.24, 2.45) is 0 Å². The van der Waals surface area contributed by atoms with Crippen LogP contribution in [0.1, 0.15) is 0 Å². The smallest absolute Gasteiger partial charge is 0.138 e. The Hall–Kier alpha value is -1.26. The zero-order valence-corrected chi connectivity index (χ0v) is 8.16. The number of phenolic OH excluding ortho intramolecular Hbond substituents is 1. The van der Waals surface area contributed by atoms with Gasteiger partial charge in [-0.15, -0.1) is 0 Å². The minimum absolute atomic E-state index is 0.146. The zero-order valence-electron chi connectivity index (χ0n) is 8.16. The molecule has 5 N–H and O–H groups in total. The highest BCUT2D eigenvalue weighted by Gasteiger charge is 1.91. The summed E-state index contributed by atoms with van der Waals surface area (Å²) >= 11 is 0. The highest BCUT2D eigenvalue weighted by molar-refractivity contribution is 5.50. The molecule has 78 valence electrons. The Bertz CT molecular complexity index is 229. The van der Waals surface area contributed by atoms with Gasteiger partial charge in [0.2, 0.25) is 0 Å². The maximum atomic E-state index is 8.79. The summed E-state index contributed by atoms with van der Waals surface area (Å²) in [5.74, 6) is 0.146. The molecule has 0 amide bonds. The molecule has 0 unspecified atom stereocenters. The molecule has 1 saturated heterocycles. The predicted octanol–water partition coefficient (Wildman–Crippen LogP) is 0.154. The Labute approximate surface area is 84.1 Å². The van der Waals surface area contributed by atoms with E-state index >= 15 is 0 Å². The van der Waals surface area contributed by atoms with Crippen LogP contribution in [0.5, 0.6) is 5.75 Å². The Balaban J connectivity index is 0.000000146. The summed E-state index contributed by atoms with van der Waals surface area (Å²) in [6.45, 7) is 4.56. The van der Waals surface area contributed by atoms with Crippen molar-refractivity contribution in [3.8, 4) is 5.75 Å². The Morgan fingerprint density at radius 1 is 1.00 bits per heavy atom. The molecule has 1 fully saturated rings. The SMILES string of the molecule is C1CNCCN1.Nc1ccccc1O. The second-order valence-electron chi connectivity index (χ2n) is 3.06. The van der Waals surface area contributed by atoms with Gasteiger partial charge in [-0.25, -0.2) is 0 Å². The number of aromatic hydroxyl groups is 1. The molecule has 0 spiro atoms. The van der Waals surface area contributed by atoms with Crippen molar-refractivity contribution in [1.29, 1.82) is 0 Å². The van der Waals surface area contributed by atoms with Crippen LogP contribution in [0.3, 0.4) is 0 Å². The number of phenols is 1. The third kappa shape index (κ3) is 4.11. The fraction of sp³-hybridized carbons (Fsp3) is 0.400. The molecular formula is C10H17N3O. The van der Waals surface area contributed by atoms with Crippen molar-refractivity contribution in [2.75, 3.05) is 31.9 Å². The third-order valence-electron chi connectivity index (χ3n) is 1.89. The Kier molecular flexibility index (Phi) is 4.82. The normalized spacial score (nSPS) is 15.4. The van der Waals surface area contributed by atoms with Gasteiger partial charge in [-0.3, -0.25) is 0 Å². The van der Waals surface area contributed by atoms with Crippen molar-refractivity contribution in [3.05, 3.63) is 24.3 Å². The molecule has 0 bridgehead atoms. The van der Waals surface area contributed by atoms with E-state index < -0.39 is 0 Å². The molecule has 1 heterocycles. The number of nitrogen functional groups attached to an aromatic ring is 1. The molecule has 1 aromatic carbocycles. The van der Waals surface area contributed by atoms with Crippen LogP contribution < -0.4 is 16.4 Å². The number of nitrogens with two attached hydrogens (primary N) is 1. The van der Waals surface area contributed by atoms with Crippen LogP contribution >= 0.6 is 0 Å². The van der Waals surface area contributed by atoms with Gasteiger partial charge in [0.25, 0.3) is 0 Å². The lowest BCUT2D eigenvalue weighted by molar-refractivity contribution is 0.478. The summed E-state index contributed by atoms with van der Waals surface area (Å²) < 4.78 is 0. The van der Waals surface area contributed by atoms with E-state index in [1.54, 1.807) is 24.3 Å². The number of hydrogen-bond donors (Lipinski definition) is 4. The number of piperazine rings is 1. The first-order valence-corrected chi connectivity index (χ1v) is 4.75. The molecule has 0 atom stereocenters. The van der Waals surface area contributed by atoms with Crippen LogP contribution in [0.15, 0.2) is 24.3 Å². The van der Waals surface area contributed by atoms with E-state index in [2.05, 4.69) is 10.6 Å². The molecule has 2 rings (SSSR count). The van der Waals surface area contributed by atoms with Crippen LogP contribution in [0.25, 0.3) is 0 Å². The summed E-state index contributed by atoms with van der Waals surface area (Å²) in [5, 5.41) is 15.2. The van der Waals surface area contributed by atoms with Crippen molar-refractivity contribution in [1.82, 2.24) is 10.6 Å². The number of hydrogen-bond acceptors (Lipinski definition) is 4. The Morgan fingerprint density at radius 2 is 1.50 bits per heavy atom. The summed E-state index contributed by atoms with van der Waals surface area (Å²) in [7, 11) is 0. The zero-order chi connectivity index (χ0) is 10.2. The first kappa shape index (κ1) is 10.8. The second kappa shape index (κ2) is 6.23. The van der Waals surface area contributed by atoms with Crippen molar-refractivity contribution in [3.63, 3.8) is 0 Å². The monoisotopic (exact) mass is 195 g/mol. The van der Waals surface area contributed by atoms with Gasteiger partial charge in [-0.2, -0.15) is 0 Å². The number of benzene rings is 1. The van der Waals surface area contributed by atoms with E-state index in [1.807, 2.05) is 0 Å². The lowest BCUT2D eigenvalue weighted by Gasteiger charge is -2.11. The number of rotatable bonds is 0. The average molecular weight is 195 g/mol. The number of anilines is 1. The lowest BCUT2D eigenvalue weighted by Crippen LogP contribution is -2.39. The molecule has 1 aliphatic heterocycles. The minimum Gasteiger partial charge on any atom is -0.506 e. The summed E-state index contributed by atoms with van der Waals surface area (Å²) in [6, 6.07) is 6.70. The van der Waals surface area contributed by atoms with Crippen molar-refractivity contribution < 1.29 is 5.11 Å². The van der Waals surface area contributed by atoms with Crippen LogP contribution in [0, 0.1) is 0 Å². The van der Waals surface area contributed by atoms with Crippen LogP contribution in [-0.4, -0.2) is 31.3 Å². The van der Waals surface area contributed by atoms with E-state index in [0.29, 0.717) is 5.69 Å². The Morgan fingerprint density at radius 3 is 1.79 bits per heavy atom. The molecule has 0 aliphatic carbocycles. The van der Waals surface area contributed by atoms with Gasteiger partial charge in [-0.05, 0) is 12.1 Å². The number of nitrogens with one attached hydrogen (secondary N) is 2. The van der Waals surface area contributed by atoms with Gasteiger partial charge in [0, 0.05) is 26.2 Å². The average Bonchev–Trinajstić information content (AvgIpc) is 2.26. The summed E-state index contributed by atoms with van der Waals surface area (Å²) in [6.07, 6.45) is 0. The highest BCUT2D eigenvalue weighted by atomic mass is 16.3. The third-order valence-corrected chi connectivity index (χ3v) is 1.89. The van der Waals surface area contributed by atoms with Gasteiger partial charge in [-0.1, -0.05) is 12.1 Å². The summed E-state index contributed by atoms with van der Waals surface area (Å²) in [4.78, 5) is 0. The highest BCUT2D eigenvalue weighted by Crippen LogP contribution is 2.16. The first-order valence-electron chi connectivity index (χ1n) is 4.75. The van der Waals surface area contributed by atoms with Gasteiger partial charge in [0.05, 0.1) is 5.69 Å². The molecule has 0 saturated carbocycles. The van der Waals surface area contributed by atoms with Gasteiger partial charge >= 0.3 is 0 Å². The topological polar surface area (TPSA) is 70.3 Å². The van der Waals surface area contributed by atoms with E-state index in [0.717, 1.165) is 26.2 Å². The second-order valence-corrected chi connectivity index (χ2v) is 3.06. The maximum absolute atomic E-state index is 8.79. The molecule has 0 radical (unpaired) electrons. The molecule has 14 heavy (non-hydrogen) atoms. The van der Waals surface area contributed by atoms with Crippen LogP contribution in [0.4, 0.5) is 5.69 Å². The molecule has 1 aliphatic rings. The van der Waals surface area contributed by atoms with E-state index in [-0.39, 0.29) is 5.75 Å². The predicted molar refractivity (Wildman–Crippen MR) is 58.3 cm³/mol. The molecular weight excluding hydrogens is 178 g/mol. The molecule has 1 aromatic rings. The lowest BCUT2D eigenvalue weighted by atomic mass is 10.3. The minimum atomic E-state index is 0.146. The van der Waals surface area contributed by atoms with E-state index in [1.165, 1.54) is 0 Å². The molecule has 0 aromatic heterocycles. The quantitative estimate of drug-likeness (QED) is 0.351. The van der Waals surface area contributed by atoms with Gasteiger partial charge in [0.15, 0.2) is 0 Å². The molecule has 4 nitrogen and oxygen atoms in total. The van der Waals surface area contributed by atoms with Crippen molar-refractivity contribution in [2.45, 2.75) is 0 Å². The van der Waals surface area contributed by atoms with E-state index in [9.17, 15) is 0 Å². The van der Waals surface area contributed by atoms with Crippen LogP contribution in [-0.2, 0) is 0 Å². The van der Waals surface area contributed by atoms with Crippen molar-refractivity contribution >= 4 is 5.69 Å². The standard InChI is InChI=1S/C6H7NO.C4H10N2/c7-5-3-1-2-4-6(5)8;1-2-6-4-3-5-1/h1-4,8H,7H2;5-6H,1-4H2. The maximum Gasteiger partial charge on any atom is 0.138 e. The van der Waals surface area contributed by atoms with E-state index in [4.69, 9.17) is 10.8 Å². The molecule has 4 heteroatoms. The van der Waals surface area contributed by atoms with Gasteiger partial charge in [0.1, 0.15) is 5.75 Å². The number of para-hydroxylation sites is 2. The largest absolute Gasteiger partial charge is 0.506 e. The first-order chi connectivity index (χ1) is 6.80. The summed E-state index contributed by atoms with van der Waals surface area (Å²) in [5.41, 5.74) is 5.69. The van der Waals surface area contributed by atoms with Gasteiger partial charge < -0.3 is 21.5 Å². The van der Waals surface area contributed by atoms with Crippen LogP contribution in [0.2, 0.25) is 0 Å². The fourth-order valence-corrected chi connectivity index (χ4v) is 1.09. The fourth-order valence-electron chi connectivity index (χ4n) is 1.09.